The lowest BCUT2D eigenvalue weighted by Gasteiger charge is -2.26. The molecule has 0 radical (unpaired) electrons. The highest BCUT2D eigenvalue weighted by Crippen LogP contribution is 2.42. The van der Waals surface area contributed by atoms with E-state index in [1.165, 1.54) is 4.90 Å². The lowest BCUT2D eigenvalue weighted by molar-refractivity contribution is -0.132. The third kappa shape index (κ3) is 3.80. The molecule has 7 heteroatoms. The molecule has 1 heterocycles. The van der Waals surface area contributed by atoms with Crippen molar-refractivity contribution < 1.29 is 19.4 Å². The molecule has 3 rings (SSSR count). The second-order valence-electron chi connectivity index (χ2n) is 6.34. The topological polar surface area (TPSA) is 66.8 Å². The van der Waals surface area contributed by atoms with Crippen molar-refractivity contribution in [1.82, 2.24) is 0 Å². The summed E-state index contributed by atoms with van der Waals surface area (Å²) in [7, 11) is 0. The quantitative estimate of drug-likeness (QED) is 0.742. The molecule has 0 unspecified atom stereocenters. The van der Waals surface area contributed by atoms with E-state index < -0.39 is 18.0 Å². The third-order valence-corrected chi connectivity index (χ3v) is 4.74. The van der Waals surface area contributed by atoms with Crippen LogP contribution < -0.4 is 4.90 Å². The van der Waals surface area contributed by atoms with E-state index in [1.54, 1.807) is 42.5 Å². The molecular weight excluding hydrogens is 389 g/mol. The van der Waals surface area contributed by atoms with Crippen LogP contribution in [0, 0.1) is 0 Å². The maximum absolute atomic E-state index is 13.0. The Morgan fingerprint density at radius 1 is 1.19 bits per heavy atom. The second kappa shape index (κ2) is 7.62. The molecule has 0 fully saturated rings. The van der Waals surface area contributed by atoms with Gasteiger partial charge >= 0.3 is 5.97 Å². The van der Waals surface area contributed by atoms with Gasteiger partial charge in [0.15, 0.2) is 11.9 Å². The smallest absolute Gasteiger partial charge is 0.332 e. The van der Waals surface area contributed by atoms with Gasteiger partial charge in [-0.3, -0.25) is 4.79 Å². The highest BCUT2D eigenvalue weighted by Gasteiger charge is 2.36. The third-order valence-electron chi connectivity index (χ3n) is 4.16. The number of rotatable bonds is 3. The predicted molar refractivity (Wildman–Crippen MR) is 104 cm³/mol. The summed E-state index contributed by atoms with van der Waals surface area (Å²) in [6.45, 7) is 3.68. The van der Waals surface area contributed by atoms with Gasteiger partial charge in [0.05, 0.1) is 11.8 Å². The first-order chi connectivity index (χ1) is 12.8. The second-order valence-corrected chi connectivity index (χ2v) is 7.18. The number of carbonyl (C=O) groups excluding carboxylic acids is 1. The Hall–Kier alpha value is -2.50. The molecule has 0 saturated heterocycles. The molecule has 0 saturated carbocycles. The predicted octanol–water partition coefficient (Wildman–Crippen LogP) is 4.82. The molecule has 2 aromatic rings. The van der Waals surface area contributed by atoms with Crippen molar-refractivity contribution in [3.05, 3.63) is 75.5 Å². The molecule has 0 bridgehead atoms. The molecule has 0 spiro atoms. The van der Waals surface area contributed by atoms with Gasteiger partial charge in [0.2, 0.25) is 0 Å². The minimum Gasteiger partial charge on any atom is -0.478 e. The fourth-order valence-electron chi connectivity index (χ4n) is 3.06. The maximum atomic E-state index is 13.0. The molecule has 0 aliphatic carbocycles. The number of carboxylic acids is 1. The van der Waals surface area contributed by atoms with E-state index in [2.05, 4.69) is 0 Å². The van der Waals surface area contributed by atoms with Gasteiger partial charge < -0.3 is 14.7 Å². The van der Waals surface area contributed by atoms with Crippen LogP contribution in [0.5, 0.6) is 0 Å². The van der Waals surface area contributed by atoms with E-state index in [0.717, 1.165) is 6.08 Å². The Bertz CT molecular complexity index is 939. The molecule has 27 heavy (non-hydrogen) atoms. The number of hydrogen-bond donors (Lipinski definition) is 1. The number of carboxylic acid groups (broad SMARTS) is 1. The molecule has 0 aromatic heterocycles. The molecule has 1 amide bonds. The van der Waals surface area contributed by atoms with Crippen LogP contribution >= 0.6 is 23.2 Å². The zero-order valence-electron chi connectivity index (χ0n) is 14.6. The molecule has 1 atom stereocenters. The Morgan fingerprint density at radius 2 is 1.89 bits per heavy atom. The molecule has 1 aliphatic heterocycles. The average molecular weight is 406 g/mol. The maximum Gasteiger partial charge on any atom is 0.332 e. The van der Waals surface area contributed by atoms with Crippen LogP contribution in [0.4, 0.5) is 5.69 Å². The Morgan fingerprint density at radius 3 is 2.52 bits per heavy atom. The van der Waals surface area contributed by atoms with Crippen molar-refractivity contribution in [2.75, 3.05) is 4.90 Å². The first-order valence-corrected chi connectivity index (χ1v) is 9.04. The van der Waals surface area contributed by atoms with Gasteiger partial charge in [-0.2, -0.15) is 0 Å². The Balaban J connectivity index is 2.30. The van der Waals surface area contributed by atoms with E-state index in [-0.39, 0.29) is 11.8 Å². The number of fused-ring (bicyclic) bond motifs is 1. The molecule has 1 N–H and O–H groups in total. The van der Waals surface area contributed by atoms with E-state index >= 15 is 0 Å². The van der Waals surface area contributed by atoms with Gasteiger partial charge in [0.1, 0.15) is 0 Å². The highest BCUT2D eigenvalue weighted by molar-refractivity contribution is 6.31. The summed E-state index contributed by atoms with van der Waals surface area (Å²) in [5.41, 5.74) is 1.84. The largest absolute Gasteiger partial charge is 0.478 e. The van der Waals surface area contributed by atoms with Crippen LogP contribution in [0.25, 0.3) is 0 Å². The fourth-order valence-corrected chi connectivity index (χ4v) is 3.48. The number of carbonyl (C=O) groups is 2. The lowest BCUT2D eigenvalue weighted by atomic mass is 9.99. The number of aliphatic carboxylic acids is 1. The van der Waals surface area contributed by atoms with Crippen LogP contribution in [0.15, 0.2) is 54.3 Å². The normalized spacial score (nSPS) is 18.3. The van der Waals surface area contributed by atoms with Crippen molar-refractivity contribution >= 4 is 40.8 Å². The molecular formula is C20H17Cl2NO4. The van der Waals surface area contributed by atoms with E-state index in [9.17, 15) is 14.7 Å². The van der Waals surface area contributed by atoms with Crippen LogP contribution in [0.3, 0.4) is 0 Å². The summed E-state index contributed by atoms with van der Waals surface area (Å²) >= 11 is 12.6. The number of nitrogens with zero attached hydrogens (tertiary/aromatic N) is 1. The van der Waals surface area contributed by atoms with Crippen molar-refractivity contribution in [3.63, 3.8) is 0 Å². The van der Waals surface area contributed by atoms with Crippen molar-refractivity contribution in [2.45, 2.75) is 26.0 Å². The monoisotopic (exact) mass is 405 g/mol. The Kier molecular flexibility index (Phi) is 5.44. The minimum atomic E-state index is -1.27. The zero-order valence-corrected chi connectivity index (χ0v) is 16.2. The average Bonchev–Trinajstić information content (AvgIpc) is 2.70. The van der Waals surface area contributed by atoms with Crippen molar-refractivity contribution in [3.8, 4) is 0 Å². The first kappa shape index (κ1) is 19.3. The summed E-state index contributed by atoms with van der Waals surface area (Å²) in [5.74, 6) is -2.08. The van der Waals surface area contributed by atoms with E-state index in [1.807, 2.05) is 13.8 Å². The fraction of sp³-hybridized carbons (Fsp3) is 0.200. The number of anilines is 1. The number of benzene rings is 2. The van der Waals surface area contributed by atoms with Gasteiger partial charge in [0, 0.05) is 27.2 Å². The van der Waals surface area contributed by atoms with E-state index in [0.29, 0.717) is 26.9 Å². The van der Waals surface area contributed by atoms with Gasteiger partial charge in [-0.15, -0.1) is 0 Å². The first-order valence-electron chi connectivity index (χ1n) is 8.28. The summed E-state index contributed by atoms with van der Waals surface area (Å²) in [6, 6.07) is 11.9. The summed E-state index contributed by atoms with van der Waals surface area (Å²) < 4.78 is 5.91. The van der Waals surface area contributed by atoms with Crippen LogP contribution in [-0.2, 0) is 14.3 Å². The van der Waals surface area contributed by atoms with Gasteiger partial charge in [-0.1, -0.05) is 41.4 Å². The van der Waals surface area contributed by atoms with Crippen LogP contribution in [-0.4, -0.2) is 23.0 Å². The summed E-state index contributed by atoms with van der Waals surface area (Å²) in [5, 5.41) is 10.1. The molecule has 5 nitrogen and oxygen atoms in total. The highest BCUT2D eigenvalue weighted by atomic mass is 35.5. The standard InChI is InChI=1S/C20H17Cl2NO4/c1-11(2)23-16-8-7-12(21)9-14(16)19(13-5-3-4-6-15(13)22)27-17(20(23)26)10-18(24)25/h3-11,19H,1-2H3,(H,24,25)/b17-10+/t19-/m0/s1. The SMILES string of the molecule is CC(C)N1C(=O)/C(=C\C(=O)O)O[C@@H](c2ccccc2Cl)c2cc(Cl)ccc21. The van der Waals surface area contributed by atoms with Crippen molar-refractivity contribution in [1.29, 1.82) is 0 Å². The Labute approximate surface area is 166 Å². The summed E-state index contributed by atoms with van der Waals surface area (Å²) in [4.78, 5) is 25.8. The number of ether oxygens (including phenoxy) is 1. The van der Waals surface area contributed by atoms with Gasteiger partial charge in [-0.25, -0.2) is 4.79 Å². The molecule has 140 valence electrons. The molecule has 1 aliphatic rings. The van der Waals surface area contributed by atoms with E-state index in [4.69, 9.17) is 27.9 Å². The van der Waals surface area contributed by atoms with Gasteiger partial charge in [-0.05, 0) is 38.1 Å². The minimum absolute atomic E-state index is 0.233. The summed E-state index contributed by atoms with van der Waals surface area (Å²) in [6.07, 6.45) is -0.0135. The van der Waals surface area contributed by atoms with Crippen molar-refractivity contribution in [2.24, 2.45) is 0 Å². The zero-order chi connectivity index (χ0) is 19.7. The number of amides is 1. The number of halogens is 2. The molecule has 2 aromatic carbocycles. The van der Waals surface area contributed by atoms with Gasteiger partial charge in [0.25, 0.3) is 5.91 Å². The van der Waals surface area contributed by atoms with Crippen LogP contribution in [0.1, 0.15) is 31.1 Å². The number of hydrogen-bond acceptors (Lipinski definition) is 3. The lowest BCUT2D eigenvalue weighted by Crippen LogP contribution is -2.37. The van der Waals surface area contributed by atoms with Crippen LogP contribution in [0.2, 0.25) is 10.0 Å².